The van der Waals surface area contributed by atoms with Gasteiger partial charge in [-0.15, -0.1) is 11.3 Å². The van der Waals surface area contributed by atoms with E-state index in [1.54, 1.807) is 6.92 Å². The number of hydrogen-bond acceptors (Lipinski definition) is 5. The van der Waals surface area contributed by atoms with Crippen LogP contribution < -0.4 is 5.32 Å². The van der Waals surface area contributed by atoms with Crippen molar-refractivity contribution in [2.75, 3.05) is 11.9 Å². The van der Waals surface area contributed by atoms with Crippen molar-refractivity contribution in [3.05, 3.63) is 31.9 Å². The Balaban J connectivity index is 1.88. The third-order valence-corrected chi connectivity index (χ3v) is 8.04. The number of anilines is 1. The molecule has 2 aromatic rings. The monoisotopic (exact) mass is 549 g/mol. The van der Waals surface area contributed by atoms with Gasteiger partial charge in [0.25, 0.3) is 0 Å². The molecule has 0 fully saturated rings. The lowest BCUT2D eigenvalue weighted by Gasteiger charge is -2.33. The number of hydrogen-bond donors (Lipinski definition) is 1. The Morgan fingerprint density at radius 1 is 1.30 bits per heavy atom. The van der Waals surface area contributed by atoms with Crippen molar-refractivity contribution in [3.8, 4) is 0 Å². The Morgan fingerprint density at radius 3 is 2.52 bits per heavy atom. The first kappa shape index (κ1) is 25.7. The van der Waals surface area contributed by atoms with Gasteiger partial charge in [-0.3, -0.25) is 9.48 Å². The predicted molar refractivity (Wildman–Crippen MR) is 124 cm³/mol. The summed E-state index contributed by atoms with van der Waals surface area (Å²) in [4.78, 5) is 26.5. The molecule has 0 spiro atoms. The maximum Gasteiger partial charge on any atom is 0.436 e. The lowest BCUT2D eigenvalue weighted by atomic mass is 9.72. The number of ether oxygens (including phenoxy) is 1. The predicted octanol–water partition coefficient (Wildman–Crippen LogP) is 6.00. The van der Waals surface area contributed by atoms with Crippen LogP contribution in [0.25, 0.3) is 0 Å². The molecule has 2 heterocycles. The molecule has 182 valence electrons. The Bertz CT molecular complexity index is 1070. The summed E-state index contributed by atoms with van der Waals surface area (Å²) in [7, 11) is 0. The average Bonchev–Trinajstić information content (AvgIpc) is 3.18. The number of esters is 1. The number of halogens is 4. The van der Waals surface area contributed by atoms with Gasteiger partial charge in [-0.2, -0.15) is 18.3 Å². The number of aromatic nitrogens is 2. The highest BCUT2D eigenvalue weighted by molar-refractivity contribution is 9.10. The molecule has 2 aromatic heterocycles. The second kappa shape index (κ2) is 9.40. The molecule has 0 radical (unpaired) electrons. The molecule has 0 aliphatic heterocycles. The lowest BCUT2D eigenvalue weighted by molar-refractivity contribution is -0.142. The van der Waals surface area contributed by atoms with Crippen LogP contribution in [0.15, 0.2) is 4.47 Å². The number of thiophene rings is 1. The summed E-state index contributed by atoms with van der Waals surface area (Å²) >= 11 is 4.25. The van der Waals surface area contributed by atoms with Crippen molar-refractivity contribution >= 4 is 44.1 Å². The van der Waals surface area contributed by atoms with E-state index in [-0.39, 0.29) is 22.2 Å². The van der Waals surface area contributed by atoms with Crippen molar-refractivity contribution in [2.24, 2.45) is 11.3 Å². The second-order valence-corrected chi connectivity index (χ2v) is 11.1. The summed E-state index contributed by atoms with van der Waals surface area (Å²) in [6, 6.07) is 0. The zero-order valence-corrected chi connectivity index (χ0v) is 21.6. The van der Waals surface area contributed by atoms with Gasteiger partial charge in [-0.25, -0.2) is 4.79 Å². The highest BCUT2D eigenvalue weighted by Gasteiger charge is 2.38. The molecular weight excluding hydrogens is 523 g/mol. The number of carbonyl (C=O) groups is 2. The summed E-state index contributed by atoms with van der Waals surface area (Å²) in [5.41, 5.74) is 0.455. The van der Waals surface area contributed by atoms with Gasteiger partial charge < -0.3 is 10.1 Å². The van der Waals surface area contributed by atoms with Crippen LogP contribution in [0.1, 0.15) is 66.3 Å². The molecule has 1 aliphatic rings. The molecule has 0 saturated carbocycles. The highest BCUT2D eigenvalue weighted by Crippen LogP contribution is 2.44. The third kappa shape index (κ3) is 5.45. The van der Waals surface area contributed by atoms with Gasteiger partial charge in [0.05, 0.1) is 22.3 Å². The fraction of sp³-hybridized carbons (Fsp3) is 0.591. The molecule has 1 amide bonds. The zero-order chi connectivity index (χ0) is 24.7. The molecule has 0 unspecified atom stereocenters. The second-order valence-electron chi connectivity index (χ2n) is 9.19. The number of nitrogens with zero attached hydrogens (tertiary/aromatic N) is 2. The molecule has 0 bridgehead atoms. The minimum absolute atomic E-state index is 0.108. The quantitative estimate of drug-likeness (QED) is 0.464. The number of amides is 1. The smallest absolute Gasteiger partial charge is 0.436 e. The van der Waals surface area contributed by atoms with E-state index < -0.39 is 30.3 Å². The van der Waals surface area contributed by atoms with Gasteiger partial charge >= 0.3 is 12.1 Å². The number of carbonyl (C=O) groups excluding carboxylic acids is 2. The SMILES string of the molecule is CCOC(=O)c1c(NC(=O)Cn2nc(C(F)(F)F)c(Br)c2C)sc2c1CC[C@@H](C(C)(C)C)C2. The fourth-order valence-corrected chi connectivity index (χ4v) is 5.83. The minimum Gasteiger partial charge on any atom is -0.462 e. The van der Waals surface area contributed by atoms with Crippen LogP contribution in [0.3, 0.4) is 0 Å². The number of alkyl halides is 3. The first-order chi connectivity index (χ1) is 15.2. The average molecular weight is 550 g/mol. The molecule has 3 rings (SSSR count). The van der Waals surface area contributed by atoms with Crippen molar-refractivity contribution in [1.82, 2.24) is 9.78 Å². The van der Waals surface area contributed by atoms with Crippen LogP contribution in [0.2, 0.25) is 0 Å². The molecule has 1 aliphatic carbocycles. The number of rotatable bonds is 5. The van der Waals surface area contributed by atoms with Crippen LogP contribution in [0.4, 0.5) is 18.2 Å². The molecule has 33 heavy (non-hydrogen) atoms. The zero-order valence-electron chi connectivity index (χ0n) is 19.2. The van der Waals surface area contributed by atoms with Crippen LogP contribution >= 0.6 is 27.3 Å². The van der Waals surface area contributed by atoms with Crippen LogP contribution in [-0.4, -0.2) is 28.3 Å². The molecule has 1 atom stereocenters. The van der Waals surface area contributed by atoms with Gasteiger partial charge in [-0.05, 0) is 65.9 Å². The lowest BCUT2D eigenvalue weighted by Crippen LogP contribution is -2.26. The van der Waals surface area contributed by atoms with Gasteiger partial charge in [0.15, 0.2) is 5.69 Å². The van der Waals surface area contributed by atoms with Gasteiger partial charge in [0.2, 0.25) is 5.91 Å². The minimum atomic E-state index is -4.64. The van der Waals surface area contributed by atoms with E-state index >= 15 is 0 Å². The van der Waals surface area contributed by atoms with Crippen molar-refractivity contribution in [2.45, 2.75) is 66.6 Å². The first-order valence-corrected chi connectivity index (χ1v) is 12.3. The van der Waals surface area contributed by atoms with E-state index in [2.05, 4.69) is 47.1 Å². The Labute approximate surface area is 203 Å². The van der Waals surface area contributed by atoms with E-state index in [0.29, 0.717) is 22.9 Å². The summed E-state index contributed by atoms with van der Waals surface area (Å²) in [6.45, 7) is 9.49. The molecule has 0 aromatic carbocycles. The molecular formula is C22H27BrF3N3O3S. The summed E-state index contributed by atoms with van der Waals surface area (Å²) in [5, 5.41) is 6.65. The van der Waals surface area contributed by atoms with Crippen molar-refractivity contribution in [1.29, 1.82) is 0 Å². The van der Waals surface area contributed by atoms with E-state index in [4.69, 9.17) is 4.74 Å². The van der Waals surface area contributed by atoms with Crippen LogP contribution in [0, 0.1) is 18.3 Å². The van der Waals surface area contributed by atoms with Crippen molar-refractivity contribution in [3.63, 3.8) is 0 Å². The topological polar surface area (TPSA) is 73.2 Å². The van der Waals surface area contributed by atoms with Gasteiger partial charge in [-0.1, -0.05) is 20.8 Å². The molecule has 6 nitrogen and oxygen atoms in total. The summed E-state index contributed by atoms with van der Waals surface area (Å²) in [5.74, 6) is -0.637. The third-order valence-electron chi connectivity index (χ3n) is 5.92. The fourth-order valence-electron chi connectivity index (χ4n) is 3.99. The van der Waals surface area contributed by atoms with E-state index in [0.717, 1.165) is 28.0 Å². The van der Waals surface area contributed by atoms with Gasteiger partial charge in [0, 0.05) is 4.88 Å². The van der Waals surface area contributed by atoms with E-state index in [1.807, 2.05) is 0 Å². The van der Waals surface area contributed by atoms with Crippen molar-refractivity contribution < 1.29 is 27.5 Å². The van der Waals surface area contributed by atoms with E-state index in [9.17, 15) is 22.8 Å². The normalized spacial score (nSPS) is 16.5. The maximum atomic E-state index is 13.1. The maximum absolute atomic E-state index is 13.1. The largest absolute Gasteiger partial charge is 0.462 e. The summed E-state index contributed by atoms with van der Waals surface area (Å²) < 4.78 is 45.4. The molecule has 1 N–H and O–H groups in total. The number of fused-ring (bicyclic) bond motifs is 1. The summed E-state index contributed by atoms with van der Waals surface area (Å²) in [6.07, 6.45) is -2.21. The Kier molecular flexibility index (Phi) is 7.33. The Morgan fingerprint density at radius 2 is 1.97 bits per heavy atom. The molecule has 0 saturated heterocycles. The number of nitrogens with one attached hydrogen (secondary N) is 1. The first-order valence-electron chi connectivity index (χ1n) is 10.7. The standard InChI is InChI=1S/C22H27BrF3N3O3S/c1-6-32-20(31)16-13-8-7-12(21(3,4)5)9-14(13)33-19(16)27-15(30)10-29-11(2)17(23)18(28-29)22(24,25)26/h12H,6-10H2,1-5H3,(H,27,30)/t12-/m1/s1. The Hall–Kier alpha value is -1.88. The molecule has 11 heteroatoms. The van der Waals surface area contributed by atoms with Gasteiger partial charge in [0.1, 0.15) is 11.5 Å². The van der Waals surface area contributed by atoms with Crippen LogP contribution in [0.5, 0.6) is 0 Å². The van der Waals surface area contributed by atoms with Crippen LogP contribution in [-0.2, 0) is 35.1 Å². The van der Waals surface area contributed by atoms with E-state index in [1.165, 1.54) is 18.3 Å². The highest BCUT2D eigenvalue weighted by atomic mass is 79.9.